The van der Waals surface area contributed by atoms with Gasteiger partial charge in [0, 0.05) is 50.9 Å². The number of nitrogens with zero attached hydrogens (tertiary/aromatic N) is 3. The number of H-pyrrole nitrogens is 1. The van der Waals surface area contributed by atoms with Crippen LogP contribution in [0.25, 0.3) is 0 Å². The number of nitrogens with one attached hydrogen (secondary N) is 1. The maximum Gasteiger partial charge on any atom is 0.255 e. The first kappa shape index (κ1) is 16.1. The van der Waals surface area contributed by atoms with Crippen molar-refractivity contribution in [3.63, 3.8) is 0 Å². The molecule has 1 spiro atoms. The van der Waals surface area contributed by atoms with Crippen LogP contribution in [0.15, 0.2) is 4.79 Å². The maximum atomic E-state index is 12.5. The van der Waals surface area contributed by atoms with Crippen molar-refractivity contribution in [2.45, 2.75) is 50.0 Å². The van der Waals surface area contributed by atoms with E-state index in [4.69, 9.17) is 9.72 Å². The van der Waals surface area contributed by atoms with Crippen molar-refractivity contribution in [1.82, 2.24) is 14.9 Å². The Balaban J connectivity index is 1.66. The molecule has 4 rings (SSSR count). The molecule has 3 heterocycles. The summed E-state index contributed by atoms with van der Waals surface area (Å²) in [7, 11) is 3.86. The van der Waals surface area contributed by atoms with Crippen LogP contribution < -0.4 is 10.5 Å². The molecule has 6 heteroatoms. The van der Waals surface area contributed by atoms with Crippen molar-refractivity contribution in [3.8, 4) is 0 Å². The predicted molar refractivity (Wildman–Crippen MR) is 93.8 cm³/mol. The quantitative estimate of drug-likeness (QED) is 0.884. The van der Waals surface area contributed by atoms with Gasteiger partial charge in [-0.3, -0.25) is 14.7 Å². The zero-order valence-corrected chi connectivity index (χ0v) is 14.8. The molecule has 0 bridgehead atoms. The Morgan fingerprint density at radius 1 is 1.29 bits per heavy atom. The Morgan fingerprint density at radius 2 is 2.08 bits per heavy atom. The minimum Gasteiger partial charge on any atom is -0.381 e. The molecule has 2 fully saturated rings. The highest BCUT2D eigenvalue weighted by molar-refractivity contribution is 5.39. The van der Waals surface area contributed by atoms with E-state index < -0.39 is 0 Å². The van der Waals surface area contributed by atoms with E-state index in [1.54, 1.807) is 0 Å². The van der Waals surface area contributed by atoms with Crippen LogP contribution in [-0.2, 0) is 16.6 Å². The van der Waals surface area contributed by atoms with Gasteiger partial charge < -0.3 is 9.64 Å². The van der Waals surface area contributed by atoms with Crippen LogP contribution in [0.1, 0.15) is 43.4 Å². The van der Waals surface area contributed by atoms with Gasteiger partial charge in [-0.05, 0) is 45.1 Å². The van der Waals surface area contributed by atoms with Gasteiger partial charge in [0.2, 0.25) is 5.95 Å². The summed E-state index contributed by atoms with van der Waals surface area (Å²) >= 11 is 0. The smallest absolute Gasteiger partial charge is 0.255 e. The van der Waals surface area contributed by atoms with Crippen LogP contribution in [0.2, 0.25) is 0 Å². The van der Waals surface area contributed by atoms with Crippen LogP contribution in [0.5, 0.6) is 0 Å². The molecule has 0 saturated carbocycles. The van der Waals surface area contributed by atoms with Gasteiger partial charge in [-0.1, -0.05) is 0 Å². The number of likely N-dealkylation sites (tertiary alicyclic amines) is 1. The number of aromatic amines is 1. The Labute approximate surface area is 143 Å². The van der Waals surface area contributed by atoms with Crippen molar-refractivity contribution in [3.05, 3.63) is 21.6 Å². The number of ether oxygens (including phenoxy) is 1. The van der Waals surface area contributed by atoms with Gasteiger partial charge in [-0.15, -0.1) is 0 Å². The van der Waals surface area contributed by atoms with Crippen LogP contribution in [0.4, 0.5) is 5.95 Å². The lowest BCUT2D eigenvalue weighted by Gasteiger charge is -2.45. The predicted octanol–water partition coefficient (Wildman–Crippen LogP) is 1.29. The topological polar surface area (TPSA) is 61.5 Å². The fourth-order valence-electron chi connectivity index (χ4n) is 4.78. The van der Waals surface area contributed by atoms with E-state index in [2.05, 4.69) is 9.88 Å². The molecule has 2 saturated heterocycles. The van der Waals surface area contributed by atoms with Gasteiger partial charge in [0.05, 0.1) is 5.69 Å². The Bertz CT molecular complexity index is 665. The number of aromatic nitrogens is 2. The lowest BCUT2D eigenvalue weighted by atomic mass is 9.77. The average molecular weight is 332 g/mol. The number of fused-ring (bicyclic) bond motifs is 2. The largest absolute Gasteiger partial charge is 0.381 e. The van der Waals surface area contributed by atoms with Crippen LogP contribution in [-0.4, -0.2) is 61.3 Å². The second kappa shape index (κ2) is 6.15. The van der Waals surface area contributed by atoms with Crippen molar-refractivity contribution in [2.24, 2.45) is 0 Å². The number of hydrogen-bond donors (Lipinski definition) is 1. The molecule has 1 aromatic rings. The molecule has 1 aliphatic carbocycles. The Kier molecular flexibility index (Phi) is 4.12. The molecule has 3 aliphatic rings. The first-order chi connectivity index (χ1) is 11.6. The van der Waals surface area contributed by atoms with E-state index in [1.807, 2.05) is 19.0 Å². The fraction of sp³-hybridized carbons (Fsp3) is 0.778. The summed E-state index contributed by atoms with van der Waals surface area (Å²) in [5.74, 6) is 0.684. The van der Waals surface area contributed by atoms with Crippen LogP contribution >= 0.6 is 0 Å². The van der Waals surface area contributed by atoms with Gasteiger partial charge in [0.15, 0.2) is 0 Å². The minimum absolute atomic E-state index is 0.0590. The van der Waals surface area contributed by atoms with Crippen molar-refractivity contribution in [2.75, 3.05) is 45.3 Å². The van der Waals surface area contributed by atoms with Crippen molar-refractivity contribution in [1.29, 1.82) is 0 Å². The fourth-order valence-corrected chi connectivity index (χ4v) is 4.78. The maximum absolute atomic E-state index is 12.5. The molecule has 1 aromatic heterocycles. The average Bonchev–Trinajstić information content (AvgIpc) is 2.94. The molecule has 132 valence electrons. The van der Waals surface area contributed by atoms with Gasteiger partial charge >= 0.3 is 0 Å². The SMILES string of the molecule is CN(C)c1nc2c(c(=O)[nH]1)CCC21CCCN(C2CCOCC2)C1. The summed E-state index contributed by atoms with van der Waals surface area (Å²) in [4.78, 5) is 24.9. The van der Waals surface area contributed by atoms with Gasteiger partial charge in [0.25, 0.3) is 5.56 Å². The van der Waals surface area contributed by atoms with E-state index in [-0.39, 0.29) is 11.0 Å². The number of hydrogen-bond acceptors (Lipinski definition) is 5. The summed E-state index contributed by atoms with van der Waals surface area (Å²) in [6.07, 6.45) is 6.55. The molecule has 1 atom stereocenters. The van der Waals surface area contributed by atoms with Crippen molar-refractivity contribution >= 4 is 5.95 Å². The van der Waals surface area contributed by atoms with E-state index in [0.717, 1.165) is 63.1 Å². The lowest BCUT2D eigenvalue weighted by Crippen LogP contribution is -2.51. The number of rotatable bonds is 2. The molecule has 24 heavy (non-hydrogen) atoms. The first-order valence-corrected chi connectivity index (χ1v) is 9.22. The van der Waals surface area contributed by atoms with E-state index >= 15 is 0 Å². The summed E-state index contributed by atoms with van der Waals surface area (Å²) in [5.41, 5.74) is 2.13. The highest BCUT2D eigenvalue weighted by Gasteiger charge is 2.45. The van der Waals surface area contributed by atoms with E-state index in [0.29, 0.717) is 12.0 Å². The second-order valence-corrected chi connectivity index (χ2v) is 7.81. The zero-order valence-electron chi connectivity index (χ0n) is 14.8. The normalized spacial score (nSPS) is 28.2. The molecule has 0 amide bonds. The molecule has 2 aliphatic heterocycles. The van der Waals surface area contributed by atoms with Crippen molar-refractivity contribution < 1.29 is 4.74 Å². The molecular formula is C18H28N4O2. The summed E-state index contributed by atoms with van der Waals surface area (Å²) in [6.45, 7) is 3.99. The molecule has 6 nitrogen and oxygen atoms in total. The standard InChI is InChI=1S/C18H28N4O2/c1-21(2)17-19-15-14(16(23)20-17)4-8-18(15)7-3-9-22(12-18)13-5-10-24-11-6-13/h13H,3-12H2,1-2H3,(H,19,20,23). The molecule has 0 radical (unpaired) electrons. The molecule has 0 aromatic carbocycles. The van der Waals surface area contributed by atoms with E-state index in [9.17, 15) is 4.79 Å². The van der Waals surface area contributed by atoms with Crippen LogP contribution in [0, 0.1) is 0 Å². The molecular weight excluding hydrogens is 304 g/mol. The highest BCUT2D eigenvalue weighted by Crippen LogP contribution is 2.44. The summed E-state index contributed by atoms with van der Waals surface area (Å²) in [6, 6.07) is 0.635. The lowest BCUT2D eigenvalue weighted by molar-refractivity contribution is 0.0114. The second-order valence-electron chi connectivity index (χ2n) is 7.81. The number of anilines is 1. The molecule has 1 unspecified atom stereocenters. The van der Waals surface area contributed by atoms with Gasteiger partial charge in [-0.2, -0.15) is 0 Å². The third kappa shape index (κ3) is 2.65. The first-order valence-electron chi connectivity index (χ1n) is 9.22. The third-order valence-corrected chi connectivity index (χ3v) is 6.10. The Hall–Kier alpha value is -1.40. The molecule has 1 N–H and O–H groups in total. The van der Waals surface area contributed by atoms with Gasteiger partial charge in [0.1, 0.15) is 0 Å². The number of piperidine rings is 1. The third-order valence-electron chi connectivity index (χ3n) is 6.10. The zero-order chi connectivity index (χ0) is 16.7. The minimum atomic E-state index is 0.0590. The Morgan fingerprint density at radius 3 is 2.83 bits per heavy atom. The highest BCUT2D eigenvalue weighted by atomic mass is 16.5. The van der Waals surface area contributed by atoms with Crippen LogP contribution in [0.3, 0.4) is 0 Å². The van der Waals surface area contributed by atoms with E-state index in [1.165, 1.54) is 13.0 Å². The van der Waals surface area contributed by atoms with Gasteiger partial charge in [-0.25, -0.2) is 4.98 Å². The monoisotopic (exact) mass is 332 g/mol. The summed E-state index contributed by atoms with van der Waals surface area (Å²) < 4.78 is 5.53. The summed E-state index contributed by atoms with van der Waals surface area (Å²) in [5, 5.41) is 0.